The van der Waals surface area contributed by atoms with Crippen LogP contribution in [0.25, 0.3) is 11.0 Å². The maximum absolute atomic E-state index is 12.2. The maximum atomic E-state index is 12.2. The molecule has 6 heteroatoms. The number of nitrogens with one attached hydrogen (secondary N) is 1. The smallest absolute Gasteiger partial charge is 0.242 e. The lowest BCUT2D eigenvalue weighted by Gasteiger charge is -2.09. The molecule has 0 fully saturated rings. The number of nitrogens with zero attached hydrogens (tertiary/aromatic N) is 2. The van der Waals surface area contributed by atoms with Gasteiger partial charge in [-0.2, -0.15) is 4.72 Å². The van der Waals surface area contributed by atoms with Crippen molar-refractivity contribution in [2.24, 2.45) is 0 Å². The van der Waals surface area contributed by atoms with E-state index >= 15 is 0 Å². The van der Waals surface area contributed by atoms with Gasteiger partial charge in [0.1, 0.15) is 5.82 Å². The summed E-state index contributed by atoms with van der Waals surface area (Å²) < 4.78 is 28.9. The van der Waals surface area contributed by atoms with E-state index in [-0.39, 0.29) is 11.6 Å². The molecular formula is C15H15N3O2S. The maximum Gasteiger partial charge on any atom is 0.242 e. The van der Waals surface area contributed by atoms with Crippen LogP contribution in [0.3, 0.4) is 0 Å². The third kappa shape index (κ3) is 2.68. The molecular weight excluding hydrogens is 286 g/mol. The van der Waals surface area contributed by atoms with Gasteiger partial charge in [-0.1, -0.05) is 30.3 Å². The Morgan fingerprint density at radius 2 is 1.71 bits per heavy atom. The largest absolute Gasteiger partial charge is 0.314 e. The lowest BCUT2D eigenvalue weighted by atomic mass is 10.3. The van der Waals surface area contributed by atoms with Crippen molar-refractivity contribution in [1.82, 2.24) is 14.3 Å². The number of fused-ring (bicyclic) bond motifs is 1. The van der Waals surface area contributed by atoms with E-state index in [1.54, 1.807) is 30.3 Å². The van der Waals surface area contributed by atoms with E-state index in [2.05, 4.69) is 9.71 Å². The number of benzene rings is 2. The van der Waals surface area contributed by atoms with Gasteiger partial charge in [0.05, 0.1) is 22.6 Å². The van der Waals surface area contributed by atoms with Gasteiger partial charge in [-0.25, -0.2) is 13.4 Å². The highest BCUT2D eigenvalue weighted by atomic mass is 32.2. The Kier molecular flexibility index (Phi) is 3.48. The van der Waals surface area contributed by atoms with Crippen molar-refractivity contribution < 1.29 is 8.42 Å². The van der Waals surface area contributed by atoms with Crippen LogP contribution < -0.4 is 4.72 Å². The molecule has 1 N–H and O–H groups in total. The van der Waals surface area contributed by atoms with E-state index in [9.17, 15) is 8.42 Å². The molecule has 2 aromatic carbocycles. The Morgan fingerprint density at radius 3 is 2.48 bits per heavy atom. The van der Waals surface area contributed by atoms with Gasteiger partial charge in [-0.05, 0) is 31.2 Å². The molecule has 0 radical (unpaired) electrons. The summed E-state index contributed by atoms with van der Waals surface area (Å²) in [6.07, 6.45) is 0. The minimum absolute atomic E-state index is 0.156. The second-order valence-electron chi connectivity index (χ2n) is 4.69. The number of aromatic nitrogens is 2. The predicted octanol–water partition coefficient (Wildman–Crippen LogP) is 2.28. The van der Waals surface area contributed by atoms with Crippen LogP contribution in [-0.2, 0) is 16.7 Å². The average Bonchev–Trinajstić information content (AvgIpc) is 2.81. The third-order valence-electron chi connectivity index (χ3n) is 3.31. The summed E-state index contributed by atoms with van der Waals surface area (Å²) in [5.41, 5.74) is 1.76. The fourth-order valence-electron chi connectivity index (χ4n) is 2.23. The zero-order valence-electron chi connectivity index (χ0n) is 11.5. The average molecular weight is 301 g/mol. The first-order valence-corrected chi connectivity index (χ1v) is 8.03. The topological polar surface area (TPSA) is 64.0 Å². The Morgan fingerprint density at radius 1 is 1.05 bits per heavy atom. The third-order valence-corrected chi connectivity index (χ3v) is 4.71. The van der Waals surface area contributed by atoms with Gasteiger partial charge >= 0.3 is 0 Å². The molecule has 1 heterocycles. The normalized spacial score (nSPS) is 11.9. The van der Waals surface area contributed by atoms with E-state index in [1.165, 1.54) is 0 Å². The van der Waals surface area contributed by atoms with Gasteiger partial charge < -0.3 is 4.57 Å². The van der Waals surface area contributed by atoms with E-state index in [1.807, 2.05) is 35.8 Å². The fraction of sp³-hybridized carbons (Fsp3) is 0.133. The summed E-state index contributed by atoms with van der Waals surface area (Å²) in [6, 6.07) is 16.0. The summed E-state index contributed by atoms with van der Waals surface area (Å²) in [6.45, 7) is 2.01. The van der Waals surface area contributed by atoms with Crippen molar-refractivity contribution >= 4 is 21.1 Å². The number of aryl methyl sites for hydroxylation is 1. The van der Waals surface area contributed by atoms with Crippen molar-refractivity contribution in [3.8, 4) is 0 Å². The minimum Gasteiger partial charge on any atom is -0.314 e. The van der Waals surface area contributed by atoms with Crippen molar-refractivity contribution in [3.05, 3.63) is 60.4 Å². The standard InChI is InChI=1S/C15H15N3O2S/c1-12-17-14-9-5-6-10-15(14)18(12)11-16-21(19,20)13-7-3-2-4-8-13/h2-10,16H,11H2,1H3. The van der Waals surface area contributed by atoms with E-state index < -0.39 is 10.0 Å². The molecule has 21 heavy (non-hydrogen) atoms. The van der Waals surface area contributed by atoms with Crippen LogP contribution >= 0.6 is 0 Å². The van der Waals surface area contributed by atoms with E-state index in [0.717, 1.165) is 16.9 Å². The molecule has 0 aliphatic heterocycles. The summed E-state index contributed by atoms with van der Waals surface area (Å²) in [7, 11) is -3.52. The lowest BCUT2D eigenvalue weighted by molar-refractivity contribution is 0.563. The van der Waals surface area contributed by atoms with Crippen molar-refractivity contribution in [3.63, 3.8) is 0 Å². The van der Waals surface area contributed by atoms with Crippen LogP contribution in [0.15, 0.2) is 59.5 Å². The van der Waals surface area contributed by atoms with Crippen molar-refractivity contribution in [2.45, 2.75) is 18.5 Å². The van der Waals surface area contributed by atoms with Gasteiger partial charge in [-0.15, -0.1) is 0 Å². The highest BCUT2D eigenvalue weighted by Gasteiger charge is 2.14. The number of rotatable bonds is 4. The molecule has 0 saturated carbocycles. The fourth-order valence-corrected chi connectivity index (χ4v) is 3.21. The molecule has 0 unspecified atom stereocenters. The molecule has 0 saturated heterocycles. The first-order chi connectivity index (χ1) is 10.1. The molecule has 3 aromatic rings. The Hall–Kier alpha value is -2.18. The Labute approximate surface area is 123 Å². The highest BCUT2D eigenvalue weighted by Crippen LogP contribution is 2.15. The second kappa shape index (κ2) is 5.31. The predicted molar refractivity (Wildman–Crippen MR) is 81.2 cm³/mol. The quantitative estimate of drug-likeness (QED) is 0.804. The number of sulfonamides is 1. The zero-order valence-corrected chi connectivity index (χ0v) is 12.3. The van der Waals surface area contributed by atoms with Crippen molar-refractivity contribution in [1.29, 1.82) is 0 Å². The molecule has 1 aromatic heterocycles. The second-order valence-corrected chi connectivity index (χ2v) is 6.46. The summed E-state index contributed by atoms with van der Waals surface area (Å²) in [4.78, 5) is 4.67. The highest BCUT2D eigenvalue weighted by molar-refractivity contribution is 7.89. The minimum atomic E-state index is -3.52. The van der Waals surface area contributed by atoms with Crippen LogP contribution in [0.4, 0.5) is 0 Å². The summed E-state index contributed by atoms with van der Waals surface area (Å²) in [5.74, 6) is 0.770. The number of hydrogen-bond donors (Lipinski definition) is 1. The first-order valence-electron chi connectivity index (χ1n) is 6.54. The Bertz CT molecular complexity index is 870. The van der Waals surface area contributed by atoms with Crippen LogP contribution in [0.2, 0.25) is 0 Å². The molecule has 0 bridgehead atoms. The Balaban J connectivity index is 1.89. The zero-order chi connectivity index (χ0) is 14.9. The molecule has 3 rings (SSSR count). The molecule has 0 spiro atoms. The van der Waals surface area contributed by atoms with Crippen LogP contribution in [-0.4, -0.2) is 18.0 Å². The molecule has 108 valence electrons. The molecule has 0 atom stereocenters. The SMILES string of the molecule is Cc1nc2ccccc2n1CNS(=O)(=O)c1ccccc1. The van der Waals surface area contributed by atoms with Crippen LogP contribution in [0.1, 0.15) is 5.82 Å². The summed E-state index contributed by atoms with van der Waals surface area (Å²) in [5, 5.41) is 0. The van der Waals surface area contributed by atoms with Gasteiger partial charge in [0.25, 0.3) is 0 Å². The molecule has 0 aliphatic carbocycles. The summed E-state index contributed by atoms with van der Waals surface area (Å²) >= 11 is 0. The van der Waals surface area contributed by atoms with Gasteiger partial charge in [0, 0.05) is 0 Å². The number of para-hydroxylation sites is 2. The van der Waals surface area contributed by atoms with Gasteiger partial charge in [0.15, 0.2) is 0 Å². The van der Waals surface area contributed by atoms with Crippen LogP contribution in [0, 0.1) is 6.92 Å². The lowest BCUT2D eigenvalue weighted by Crippen LogP contribution is -2.26. The van der Waals surface area contributed by atoms with Gasteiger partial charge in [-0.3, -0.25) is 0 Å². The number of hydrogen-bond acceptors (Lipinski definition) is 3. The number of imidazole rings is 1. The molecule has 0 amide bonds. The van der Waals surface area contributed by atoms with E-state index in [4.69, 9.17) is 0 Å². The molecule has 0 aliphatic rings. The monoisotopic (exact) mass is 301 g/mol. The van der Waals surface area contributed by atoms with E-state index in [0.29, 0.717) is 0 Å². The first kappa shape index (κ1) is 13.8. The van der Waals surface area contributed by atoms with Gasteiger partial charge in [0.2, 0.25) is 10.0 Å². The van der Waals surface area contributed by atoms with Crippen molar-refractivity contribution in [2.75, 3.05) is 0 Å². The molecule has 5 nitrogen and oxygen atoms in total. The van der Waals surface area contributed by atoms with Crippen LogP contribution in [0.5, 0.6) is 0 Å².